The summed E-state index contributed by atoms with van der Waals surface area (Å²) in [5.74, 6) is 0. The van der Waals surface area contributed by atoms with Crippen LogP contribution in [0.5, 0.6) is 0 Å². The van der Waals surface area contributed by atoms with Crippen LogP contribution in [0.4, 0.5) is 5.13 Å². The molecule has 0 aliphatic rings. The van der Waals surface area contributed by atoms with Crippen LogP contribution in [-0.2, 0) is 0 Å². The molecular formula is C15H11IN4S. The second-order valence-corrected chi connectivity index (χ2v) is 6.30. The van der Waals surface area contributed by atoms with E-state index in [9.17, 15) is 0 Å². The molecule has 1 aromatic carbocycles. The third-order valence-electron chi connectivity index (χ3n) is 2.70. The number of anilines is 1. The van der Waals surface area contributed by atoms with Crippen molar-refractivity contribution in [3.63, 3.8) is 0 Å². The monoisotopic (exact) mass is 406 g/mol. The van der Waals surface area contributed by atoms with E-state index in [1.165, 1.54) is 14.9 Å². The topological polar surface area (TPSA) is 50.2 Å². The van der Waals surface area contributed by atoms with Crippen LogP contribution < -0.4 is 5.43 Å². The van der Waals surface area contributed by atoms with Gasteiger partial charge in [0.2, 0.25) is 5.13 Å². The predicted molar refractivity (Wildman–Crippen MR) is 95.7 cm³/mol. The van der Waals surface area contributed by atoms with Gasteiger partial charge in [0.05, 0.1) is 11.9 Å². The SMILES string of the molecule is Ic1ccc(-c2csc(N/N=C\c3cccnc3)n2)cc1. The maximum Gasteiger partial charge on any atom is 0.203 e. The highest BCUT2D eigenvalue weighted by molar-refractivity contribution is 14.1. The molecule has 0 aliphatic heterocycles. The highest BCUT2D eigenvalue weighted by Gasteiger charge is 2.03. The summed E-state index contributed by atoms with van der Waals surface area (Å²) < 4.78 is 1.21. The van der Waals surface area contributed by atoms with Crippen molar-refractivity contribution in [3.8, 4) is 11.3 Å². The van der Waals surface area contributed by atoms with Crippen LogP contribution in [0, 0.1) is 3.57 Å². The summed E-state index contributed by atoms with van der Waals surface area (Å²) in [5, 5.41) is 6.95. The van der Waals surface area contributed by atoms with Crippen LogP contribution >= 0.6 is 33.9 Å². The number of hydrogen-bond donors (Lipinski definition) is 1. The number of rotatable bonds is 4. The number of hydrogen-bond acceptors (Lipinski definition) is 5. The van der Waals surface area contributed by atoms with Gasteiger partial charge in [0.15, 0.2) is 0 Å². The largest absolute Gasteiger partial charge is 0.264 e. The molecule has 3 rings (SSSR count). The summed E-state index contributed by atoms with van der Waals surface area (Å²) in [6.45, 7) is 0. The first-order valence-corrected chi connectivity index (χ1v) is 8.18. The van der Waals surface area contributed by atoms with Gasteiger partial charge in [0.1, 0.15) is 0 Å². The van der Waals surface area contributed by atoms with Gasteiger partial charge in [-0.3, -0.25) is 10.4 Å². The van der Waals surface area contributed by atoms with Gasteiger partial charge in [-0.25, -0.2) is 4.98 Å². The minimum atomic E-state index is 0.767. The molecule has 0 aliphatic carbocycles. The third-order valence-corrected chi connectivity index (χ3v) is 4.17. The van der Waals surface area contributed by atoms with Crippen molar-refractivity contribution in [2.45, 2.75) is 0 Å². The van der Waals surface area contributed by atoms with E-state index in [1.807, 2.05) is 17.5 Å². The molecule has 6 heteroatoms. The average Bonchev–Trinajstić information content (AvgIpc) is 2.98. The molecule has 0 fully saturated rings. The fourth-order valence-corrected chi connectivity index (χ4v) is 2.72. The van der Waals surface area contributed by atoms with Crippen LogP contribution in [0.2, 0.25) is 0 Å². The van der Waals surface area contributed by atoms with Gasteiger partial charge in [0.25, 0.3) is 0 Å². The van der Waals surface area contributed by atoms with E-state index >= 15 is 0 Å². The minimum absolute atomic E-state index is 0.767. The first kappa shape index (κ1) is 14.2. The molecule has 0 radical (unpaired) electrons. The second-order valence-electron chi connectivity index (χ2n) is 4.20. The van der Waals surface area contributed by atoms with Crippen molar-refractivity contribution >= 4 is 45.3 Å². The molecule has 0 bridgehead atoms. The summed E-state index contributed by atoms with van der Waals surface area (Å²) in [7, 11) is 0. The lowest BCUT2D eigenvalue weighted by molar-refractivity contribution is 1.28. The second kappa shape index (κ2) is 6.77. The van der Waals surface area contributed by atoms with E-state index < -0.39 is 0 Å². The zero-order valence-electron chi connectivity index (χ0n) is 10.9. The van der Waals surface area contributed by atoms with Gasteiger partial charge in [0, 0.05) is 32.5 Å². The molecule has 21 heavy (non-hydrogen) atoms. The third kappa shape index (κ3) is 3.85. The van der Waals surface area contributed by atoms with Gasteiger partial charge >= 0.3 is 0 Å². The number of thiazole rings is 1. The fourth-order valence-electron chi connectivity index (χ4n) is 1.69. The Bertz CT molecular complexity index is 738. The highest BCUT2D eigenvalue weighted by Crippen LogP contribution is 2.25. The molecule has 0 saturated carbocycles. The molecule has 2 aromatic heterocycles. The fraction of sp³-hybridized carbons (Fsp3) is 0. The van der Waals surface area contributed by atoms with Gasteiger partial charge in [-0.2, -0.15) is 5.10 Å². The van der Waals surface area contributed by atoms with E-state index in [0.29, 0.717) is 0 Å². The Labute approximate surface area is 140 Å². The Balaban J connectivity index is 1.68. The van der Waals surface area contributed by atoms with Crippen molar-refractivity contribution in [1.29, 1.82) is 0 Å². The smallest absolute Gasteiger partial charge is 0.203 e. The van der Waals surface area contributed by atoms with Crippen LogP contribution in [0.15, 0.2) is 59.3 Å². The normalized spacial score (nSPS) is 10.9. The van der Waals surface area contributed by atoms with Crippen molar-refractivity contribution in [3.05, 3.63) is 63.3 Å². The van der Waals surface area contributed by atoms with Crippen molar-refractivity contribution < 1.29 is 0 Å². The molecular weight excluding hydrogens is 395 g/mol. The lowest BCUT2D eigenvalue weighted by Gasteiger charge is -1.96. The van der Waals surface area contributed by atoms with Crippen molar-refractivity contribution in [2.75, 3.05) is 5.43 Å². The predicted octanol–water partition coefficient (Wildman–Crippen LogP) is 4.26. The van der Waals surface area contributed by atoms with E-state index in [1.54, 1.807) is 18.6 Å². The zero-order valence-corrected chi connectivity index (χ0v) is 13.9. The molecule has 0 amide bonds. The van der Waals surface area contributed by atoms with Gasteiger partial charge in [-0.1, -0.05) is 18.2 Å². The standard InChI is InChI=1S/C15H11IN4S/c16-13-5-3-12(4-6-13)14-10-21-15(19-14)20-18-9-11-2-1-7-17-8-11/h1-10H,(H,19,20)/b18-9-. The van der Waals surface area contributed by atoms with E-state index in [0.717, 1.165) is 22.0 Å². The van der Waals surface area contributed by atoms with Crippen LogP contribution in [0.25, 0.3) is 11.3 Å². The van der Waals surface area contributed by atoms with Crippen molar-refractivity contribution in [2.24, 2.45) is 5.10 Å². The lowest BCUT2D eigenvalue weighted by atomic mass is 10.2. The van der Waals surface area contributed by atoms with Crippen LogP contribution in [0.1, 0.15) is 5.56 Å². The molecule has 1 N–H and O–H groups in total. The summed E-state index contributed by atoms with van der Waals surface area (Å²) in [6.07, 6.45) is 5.21. The Morgan fingerprint density at radius 1 is 1.19 bits per heavy atom. The number of aromatic nitrogens is 2. The summed E-state index contributed by atoms with van der Waals surface area (Å²) in [5.41, 5.74) is 5.95. The Morgan fingerprint density at radius 2 is 2.05 bits per heavy atom. The number of halogens is 1. The molecule has 3 aromatic rings. The first-order valence-electron chi connectivity index (χ1n) is 6.22. The van der Waals surface area contributed by atoms with Crippen LogP contribution in [0.3, 0.4) is 0 Å². The molecule has 0 spiro atoms. The van der Waals surface area contributed by atoms with Gasteiger partial charge in [-0.15, -0.1) is 11.3 Å². The summed E-state index contributed by atoms with van der Waals surface area (Å²) in [6, 6.07) is 12.1. The quantitative estimate of drug-likeness (QED) is 0.400. The summed E-state index contributed by atoms with van der Waals surface area (Å²) >= 11 is 3.82. The van der Waals surface area contributed by atoms with Gasteiger partial charge < -0.3 is 0 Å². The molecule has 2 heterocycles. The van der Waals surface area contributed by atoms with Crippen LogP contribution in [-0.4, -0.2) is 16.2 Å². The average molecular weight is 406 g/mol. The number of benzene rings is 1. The lowest BCUT2D eigenvalue weighted by Crippen LogP contribution is -1.90. The van der Waals surface area contributed by atoms with E-state index in [2.05, 4.69) is 67.4 Å². The number of nitrogens with zero attached hydrogens (tertiary/aromatic N) is 3. The van der Waals surface area contributed by atoms with E-state index in [4.69, 9.17) is 0 Å². The molecule has 0 saturated heterocycles. The maximum atomic E-state index is 4.52. The Hall–Kier alpha value is -1.80. The van der Waals surface area contributed by atoms with E-state index in [-0.39, 0.29) is 0 Å². The Kier molecular flexibility index (Phi) is 4.56. The minimum Gasteiger partial charge on any atom is -0.264 e. The van der Waals surface area contributed by atoms with Gasteiger partial charge in [-0.05, 0) is 40.8 Å². The molecule has 0 unspecified atom stereocenters. The Morgan fingerprint density at radius 3 is 2.81 bits per heavy atom. The zero-order chi connectivity index (χ0) is 14.5. The molecule has 4 nitrogen and oxygen atoms in total. The number of pyridine rings is 1. The highest BCUT2D eigenvalue weighted by atomic mass is 127. The maximum absolute atomic E-state index is 4.52. The van der Waals surface area contributed by atoms with Crippen molar-refractivity contribution in [1.82, 2.24) is 9.97 Å². The summed E-state index contributed by atoms with van der Waals surface area (Å²) in [4.78, 5) is 8.55. The first-order chi connectivity index (χ1) is 10.3. The number of hydrazone groups is 1. The molecule has 104 valence electrons. The number of nitrogens with one attached hydrogen (secondary N) is 1. The molecule has 0 atom stereocenters.